The number of aryl methyl sites for hydroxylation is 3. The maximum atomic E-state index is 12.8. The van der Waals surface area contributed by atoms with E-state index in [4.69, 9.17) is 0 Å². The van der Waals surface area contributed by atoms with Gasteiger partial charge in [0.15, 0.2) is 0 Å². The fourth-order valence-electron chi connectivity index (χ4n) is 3.83. The first kappa shape index (κ1) is 20.7. The minimum atomic E-state index is -0.344. The van der Waals surface area contributed by atoms with Crippen molar-refractivity contribution in [1.29, 1.82) is 5.26 Å². The van der Waals surface area contributed by atoms with Crippen LogP contribution in [0.25, 0.3) is 0 Å². The van der Waals surface area contributed by atoms with Crippen molar-refractivity contribution < 1.29 is 4.79 Å². The van der Waals surface area contributed by atoms with Gasteiger partial charge in [0.1, 0.15) is 11.6 Å². The number of amides is 1. The topological polar surface area (TPSA) is 56.1 Å². The number of nitrogens with one attached hydrogen (secondary N) is 1. The number of rotatable bonds is 6. The lowest BCUT2D eigenvalue weighted by molar-refractivity contribution is -0.117. The zero-order valence-electron chi connectivity index (χ0n) is 17.5. The van der Waals surface area contributed by atoms with Gasteiger partial charge in [0, 0.05) is 18.4 Å². The SMILES string of the molecule is CCN(/C=C(/C#N)C(=O)NC(C)c1ccc2c(c1)CCCC2)c1cccc(C)c1. The third-order valence-electron chi connectivity index (χ3n) is 5.54. The highest BCUT2D eigenvalue weighted by atomic mass is 16.1. The Morgan fingerprint density at radius 3 is 2.66 bits per heavy atom. The molecule has 0 aliphatic heterocycles. The first-order valence-corrected chi connectivity index (χ1v) is 10.4. The molecule has 0 saturated carbocycles. The molecule has 1 amide bonds. The van der Waals surface area contributed by atoms with Crippen LogP contribution in [0.2, 0.25) is 0 Å². The van der Waals surface area contributed by atoms with Crippen molar-refractivity contribution in [3.63, 3.8) is 0 Å². The second kappa shape index (κ2) is 9.43. The van der Waals surface area contributed by atoms with Crippen molar-refractivity contribution in [2.75, 3.05) is 11.4 Å². The van der Waals surface area contributed by atoms with Gasteiger partial charge in [-0.05, 0) is 80.8 Å². The van der Waals surface area contributed by atoms with Gasteiger partial charge in [-0.15, -0.1) is 0 Å². The number of nitriles is 1. The van der Waals surface area contributed by atoms with Crippen molar-refractivity contribution in [2.24, 2.45) is 0 Å². The van der Waals surface area contributed by atoms with Crippen molar-refractivity contribution in [2.45, 2.75) is 52.5 Å². The van der Waals surface area contributed by atoms with E-state index in [0.29, 0.717) is 6.54 Å². The average molecular weight is 388 g/mol. The van der Waals surface area contributed by atoms with Gasteiger partial charge in [0.05, 0.1) is 6.04 Å². The molecule has 0 heterocycles. The normalized spacial score (nSPS) is 14.5. The molecule has 1 aliphatic carbocycles. The summed E-state index contributed by atoms with van der Waals surface area (Å²) in [4.78, 5) is 14.7. The van der Waals surface area contributed by atoms with Crippen molar-refractivity contribution in [1.82, 2.24) is 5.32 Å². The molecular weight excluding hydrogens is 358 g/mol. The Balaban J connectivity index is 1.75. The van der Waals surface area contributed by atoms with Gasteiger partial charge in [-0.25, -0.2) is 0 Å². The number of anilines is 1. The summed E-state index contributed by atoms with van der Waals surface area (Å²) in [5.74, 6) is -0.344. The smallest absolute Gasteiger partial charge is 0.263 e. The Hall–Kier alpha value is -3.06. The van der Waals surface area contributed by atoms with Gasteiger partial charge in [0.2, 0.25) is 0 Å². The second-order valence-corrected chi connectivity index (χ2v) is 7.71. The lowest BCUT2D eigenvalue weighted by Crippen LogP contribution is -2.29. The van der Waals surface area contributed by atoms with Crippen LogP contribution < -0.4 is 10.2 Å². The number of hydrogen-bond donors (Lipinski definition) is 1. The molecule has 0 fully saturated rings. The Morgan fingerprint density at radius 2 is 1.97 bits per heavy atom. The Kier molecular flexibility index (Phi) is 6.72. The zero-order chi connectivity index (χ0) is 20.8. The number of hydrogen-bond acceptors (Lipinski definition) is 3. The fraction of sp³-hybridized carbons (Fsp3) is 0.360. The molecule has 1 unspecified atom stereocenters. The molecule has 0 bridgehead atoms. The zero-order valence-corrected chi connectivity index (χ0v) is 17.5. The van der Waals surface area contributed by atoms with Gasteiger partial charge >= 0.3 is 0 Å². The maximum absolute atomic E-state index is 12.8. The molecular formula is C25H29N3O. The van der Waals surface area contributed by atoms with Crippen LogP contribution in [0, 0.1) is 18.3 Å². The Labute approximate surface area is 173 Å². The first-order valence-electron chi connectivity index (χ1n) is 10.4. The molecule has 29 heavy (non-hydrogen) atoms. The molecule has 150 valence electrons. The van der Waals surface area contributed by atoms with Gasteiger partial charge in [0.25, 0.3) is 5.91 Å². The molecule has 0 radical (unpaired) electrons. The van der Waals surface area contributed by atoms with E-state index in [2.05, 4.69) is 29.6 Å². The molecule has 1 atom stereocenters. The van der Waals surface area contributed by atoms with Gasteiger partial charge in [-0.2, -0.15) is 5.26 Å². The highest BCUT2D eigenvalue weighted by Crippen LogP contribution is 2.25. The summed E-state index contributed by atoms with van der Waals surface area (Å²) in [6.45, 7) is 6.67. The molecule has 0 saturated heterocycles. The highest BCUT2D eigenvalue weighted by molar-refractivity contribution is 5.97. The van der Waals surface area contributed by atoms with Gasteiger partial charge < -0.3 is 10.2 Å². The van der Waals surface area contributed by atoms with Crippen molar-refractivity contribution in [3.05, 3.63) is 76.5 Å². The Morgan fingerprint density at radius 1 is 1.21 bits per heavy atom. The average Bonchev–Trinajstić information content (AvgIpc) is 2.74. The standard InChI is InChI=1S/C25H29N3O/c1-4-28(24-11-7-8-18(2)14-24)17-23(16-26)25(29)27-19(3)21-13-12-20-9-5-6-10-22(20)15-21/h7-8,11-15,17,19H,4-6,9-10H2,1-3H3,(H,27,29)/b23-17-. The molecule has 1 N–H and O–H groups in total. The monoisotopic (exact) mass is 387 g/mol. The highest BCUT2D eigenvalue weighted by Gasteiger charge is 2.17. The van der Waals surface area contributed by atoms with Crippen LogP contribution in [0.4, 0.5) is 5.69 Å². The van der Waals surface area contributed by atoms with E-state index in [9.17, 15) is 10.1 Å². The summed E-state index contributed by atoms with van der Waals surface area (Å²) >= 11 is 0. The summed E-state index contributed by atoms with van der Waals surface area (Å²) in [6.07, 6.45) is 6.37. The molecule has 3 rings (SSSR count). The summed E-state index contributed by atoms with van der Waals surface area (Å²) in [5, 5.41) is 12.6. The minimum Gasteiger partial charge on any atom is -0.347 e. The van der Waals surface area contributed by atoms with Crippen molar-refractivity contribution >= 4 is 11.6 Å². The van der Waals surface area contributed by atoms with Crippen LogP contribution in [0.15, 0.2) is 54.2 Å². The number of nitrogens with zero attached hydrogens (tertiary/aromatic N) is 2. The van der Waals surface area contributed by atoms with E-state index in [-0.39, 0.29) is 17.5 Å². The van der Waals surface area contributed by atoms with Crippen LogP contribution >= 0.6 is 0 Å². The number of carbonyl (C=O) groups excluding carboxylic acids is 1. The van der Waals surface area contributed by atoms with Crippen LogP contribution in [0.5, 0.6) is 0 Å². The summed E-state index contributed by atoms with van der Waals surface area (Å²) in [5.41, 5.74) is 6.12. The molecule has 4 heteroatoms. The summed E-state index contributed by atoms with van der Waals surface area (Å²) in [6, 6.07) is 16.4. The third kappa shape index (κ3) is 5.06. The molecule has 4 nitrogen and oxygen atoms in total. The fourth-order valence-corrected chi connectivity index (χ4v) is 3.83. The maximum Gasteiger partial charge on any atom is 0.263 e. The first-order chi connectivity index (χ1) is 14.0. The molecule has 0 spiro atoms. The van der Waals surface area contributed by atoms with E-state index < -0.39 is 0 Å². The van der Waals surface area contributed by atoms with Crippen LogP contribution in [0.1, 0.15) is 55.0 Å². The van der Waals surface area contributed by atoms with Crippen LogP contribution in [0.3, 0.4) is 0 Å². The van der Waals surface area contributed by atoms with E-state index in [1.807, 2.05) is 49.9 Å². The second-order valence-electron chi connectivity index (χ2n) is 7.71. The minimum absolute atomic E-state index is 0.109. The lowest BCUT2D eigenvalue weighted by atomic mass is 9.89. The van der Waals surface area contributed by atoms with Crippen LogP contribution in [-0.2, 0) is 17.6 Å². The predicted octanol–water partition coefficient (Wildman–Crippen LogP) is 4.99. The Bertz CT molecular complexity index is 955. The van der Waals surface area contributed by atoms with E-state index in [1.165, 1.54) is 24.0 Å². The molecule has 0 aromatic heterocycles. The van der Waals surface area contributed by atoms with E-state index in [0.717, 1.165) is 29.7 Å². The van der Waals surface area contributed by atoms with Crippen LogP contribution in [-0.4, -0.2) is 12.5 Å². The summed E-state index contributed by atoms with van der Waals surface area (Å²) in [7, 11) is 0. The number of benzene rings is 2. The molecule has 1 aliphatic rings. The lowest BCUT2D eigenvalue weighted by Gasteiger charge is -2.21. The quantitative estimate of drug-likeness (QED) is 0.561. The largest absolute Gasteiger partial charge is 0.347 e. The predicted molar refractivity (Wildman–Crippen MR) is 118 cm³/mol. The third-order valence-corrected chi connectivity index (χ3v) is 5.54. The number of carbonyl (C=O) groups is 1. The van der Waals surface area contributed by atoms with Gasteiger partial charge in [-0.1, -0.05) is 30.3 Å². The van der Waals surface area contributed by atoms with E-state index >= 15 is 0 Å². The summed E-state index contributed by atoms with van der Waals surface area (Å²) < 4.78 is 0. The molecule has 2 aromatic carbocycles. The van der Waals surface area contributed by atoms with Gasteiger partial charge in [-0.3, -0.25) is 4.79 Å². The molecule has 2 aromatic rings. The van der Waals surface area contributed by atoms with Crippen molar-refractivity contribution in [3.8, 4) is 6.07 Å². The van der Waals surface area contributed by atoms with E-state index in [1.54, 1.807) is 6.20 Å². The number of fused-ring (bicyclic) bond motifs is 1.